The molecule has 0 radical (unpaired) electrons. The van der Waals surface area contributed by atoms with Crippen LogP contribution in [-0.2, 0) is 19.1 Å². The molecule has 3 aromatic rings. The Morgan fingerprint density at radius 3 is 1.42 bits per heavy atom. The lowest BCUT2D eigenvalue weighted by atomic mass is 10.1. The molecule has 0 N–H and O–H groups in total. The van der Waals surface area contributed by atoms with E-state index < -0.39 is 11.9 Å². The molecule has 4 aliphatic rings. The van der Waals surface area contributed by atoms with Crippen molar-refractivity contribution in [2.45, 2.75) is 0 Å². The fraction of sp³-hybridized carbons (Fsp3) is 0.0714. The number of aliphatic imine (C=N–C) groups is 2. The molecular formula is C28H16N2O8. The maximum absolute atomic E-state index is 12.4. The van der Waals surface area contributed by atoms with Gasteiger partial charge in [0.25, 0.3) is 0 Å². The maximum atomic E-state index is 12.4. The molecule has 4 heterocycles. The quantitative estimate of drug-likeness (QED) is 0.386. The van der Waals surface area contributed by atoms with Crippen LogP contribution < -0.4 is 18.9 Å². The van der Waals surface area contributed by atoms with E-state index in [9.17, 15) is 9.59 Å². The van der Waals surface area contributed by atoms with Gasteiger partial charge in [0.05, 0.1) is 0 Å². The van der Waals surface area contributed by atoms with Crippen molar-refractivity contribution in [1.82, 2.24) is 0 Å². The first-order chi connectivity index (χ1) is 18.6. The van der Waals surface area contributed by atoms with E-state index in [4.69, 9.17) is 28.4 Å². The molecular weight excluding hydrogens is 492 g/mol. The lowest BCUT2D eigenvalue weighted by Crippen LogP contribution is -2.05. The number of hydrogen-bond acceptors (Lipinski definition) is 10. The van der Waals surface area contributed by atoms with E-state index in [1.807, 2.05) is 0 Å². The lowest BCUT2D eigenvalue weighted by molar-refractivity contribution is -0.130. The van der Waals surface area contributed by atoms with E-state index in [1.165, 1.54) is 0 Å². The van der Waals surface area contributed by atoms with E-state index in [-0.39, 0.29) is 36.8 Å². The van der Waals surface area contributed by atoms with Crippen LogP contribution in [0.15, 0.2) is 82.0 Å². The summed E-state index contributed by atoms with van der Waals surface area (Å²) in [6.07, 6.45) is 3.25. The zero-order valence-electron chi connectivity index (χ0n) is 19.5. The summed E-state index contributed by atoms with van der Waals surface area (Å²) in [6.45, 7) is 0.301. The number of carbonyl (C=O) groups is 2. The fourth-order valence-electron chi connectivity index (χ4n) is 4.13. The molecule has 0 spiro atoms. The third-order valence-electron chi connectivity index (χ3n) is 6.02. The predicted molar refractivity (Wildman–Crippen MR) is 133 cm³/mol. The first kappa shape index (κ1) is 21.9. The molecule has 10 heteroatoms. The Bertz CT molecular complexity index is 1530. The van der Waals surface area contributed by atoms with Crippen molar-refractivity contribution >= 4 is 35.9 Å². The topological polar surface area (TPSA) is 114 Å². The minimum Gasteiger partial charge on any atom is -0.454 e. The smallest absolute Gasteiger partial charge is 0.363 e. The minimum absolute atomic E-state index is 0.150. The second kappa shape index (κ2) is 8.63. The zero-order valence-corrected chi connectivity index (χ0v) is 19.5. The predicted octanol–water partition coefficient (Wildman–Crippen LogP) is 3.83. The highest BCUT2D eigenvalue weighted by Crippen LogP contribution is 2.35. The molecule has 10 nitrogen and oxygen atoms in total. The lowest BCUT2D eigenvalue weighted by Gasteiger charge is -2.01. The van der Waals surface area contributed by atoms with Gasteiger partial charge in [0.15, 0.2) is 34.4 Å². The Labute approximate surface area is 215 Å². The van der Waals surface area contributed by atoms with Crippen LogP contribution >= 0.6 is 0 Å². The zero-order chi connectivity index (χ0) is 25.6. The number of benzene rings is 3. The summed E-state index contributed by atoms with van der Waals surface area (Å²) in [5.41, 5.74) is 3.01. The number of ether oxygens (including phenoxy) is 6. The van der Waals surface area contributed by atoms with Crippen molar-refractivity contribution in [3.63, 3.8) is 0 Å². The molecule has 4 aliphatic heterocycles. The highest BCUT2D eigenvalue weighted by atomic mass is 16.7. The molecule has 186 valence electrons. The molecule has 7 rings (SSSR count). The van der Waals surface area contributed by atoms with Gasteiger partial charge in [-0.3, -0.25) is 0 Å². The fourth-order valence-corrected chi connectivity index (χ4v) is 4.13. The molecule has 38 heavy (non-hydrogen) atoms. The average Bonchev–Trinajstić information content (AvgIpc) is 3.72. The van der Waals surface area contributed by atoms with Crippen LogP contribution in [0.5, 0.6) is 23.0 Å². The number of fused-ring (bicyclic) bond motifs is 2. The molecule has 0 unspecified atom stereocenters. The second-order valence-corrected chi connectivity index (χ2v) is 8.47. The first-order valence-electron chi connectivity index (χ1n) is 11.5. The van der Waals surface area contributed by atoms with Crippen molar-refractivity contribution in [3.8, 4) is 23.0 Å². The number of nitrogens with zero attached hydrogens (tertiary/aromatic N) is 2. The van der Waals surface area contributed by atoms with E-state index in [0.29, 0.717) is 34.1 Å². The minimum atomic E-state index is -0.553. The molecule has 0 bridgehead atoms. The molecule has 0 amide bonds. The van der Waals surface area contributed by atoms with Crippen LogP contribution in [0.25, 0.3) is 12.2 Å². The second-order valence-electron chi connectivity index (χ2n) is 8.47. The number of hydrogen-bond donors (Lipinski definition) is 0. The molecule has 0 aliphatic carbocycles. The summed E-state index contributed by atoms with van der Waals surface area (Å²) in [5.74, 6) is 1.68. The van der Waals surface area contributed by atoms with Gasteiger partial charge in [-0.2, -0.15) is 0 Å². The van der Waals surface area contributed by atoms with Crippen LogP contribution in [0.3, 0.4) is 0 Å². The van der Waals surface area contributed by atoms with Crippen LogP contribution in [0.4, 0.5) is 0 Å². The number of cyclic esters (lactones) is 2. The summed E-state index contributed by atoms with van der Waals surface area (Å²) in [5, 5.41) is 0. The normalized spacial score (nSPS) is 19.1. The number of esters is 2. The summed E-state index contributed by atoms with van der Waals surface area (Å²) in [6, 6.07) is 17.6. The molecule has 3 aromatic carbocycles. The summed E-state index contributed by atoms with van der Waals surface area (Å²) >= 11 is 0. The molecule has 0 fully saturated rings. The SMILES string of the molecule is O=C1OC(c2ccc3c(c2)OCO3)=N/C1=C\c1ccc(/C=C2\N=C(c3ccc4c(c3)OCO4)OC2=O)cc1. The van der Waals surface area contributed by atoms with Crippen molar-refractivity contribution in [1.29, 1.82) is 0 Å². The maximum Gasteiger partial charge on any atom is 0.363 e. The van der Waals surface area contributed by atoms with Crippen molar-refractivity contribution in [3.05, 3.63) is 94.3 Å². The van der Waals surface area contributed by atoms with Gasteiger partial charge in [0.2, 0.25) is 25.4 Å². The Balaban J connectivity index is 1.10. The first-order valence-corrected chi connectivity index (χ1v) is 11.5. The summed E-state index contributed by atoms with van der Waals surface area (Å²) in [4.78, 5) is 33.4. The highest BCUT2D eigenvalue weighted by molar-refractivity contribution is 6.14. The Kier molecular flexibility index (Phi) is 4.96. The third-order valence-corrected chi connectivity index (χ3v) is 6.02. The van der Waals surface area contributed by atoms with Gasteiger partial charge in [-0.25, -0.2) is 19.6 Å². The van der Waals surface area contributed by atoms with Crippen LogP contribution in [0, 0.1) is 0 Å². The van der Waals surface area contributed by atoms with Crippen molar-refractivity contribution < 1.29 is 38.0 Å². The van der Waals surface area contributed by atoms with E-state index in [2.05, 4.69) is 9.98 Å². The largest absolute Gasteiger partial charge is 0.454 e. The highest BCUT2D eigenvalue weighted by Gasteiger charge is 2.27. The number of rotatable bonds is 4. The molecule has 0 saturated carbocycles. The number of carbonyl (C=O) groups excluding carboxylic acids is 2. The standard InChI is InChI=1S/C28H16N2O8/c31-27-19(29-25(37-27)17-5-7-21-23(11-17)35-13-33-21)9-15-1-2-16(4-3-15)10-20-28(32)38-26(30-20)18-6-8-22-24(12-18)36-14-34-22/h1-12H,13-14H2/b19-9-,20-10-. The van der Waals surface area contributed by atoms with E-state index >= 15 is 0 Å². The van der Waals surface area contributed by atoms with E-state index in [1.54, 1.807) is 72.8 Å². The van der Waals surface area contributed by atoms with Crippen LogP contribution in [0.2, 0.25) is 0 Å². The summed E-state index contributed by atoms with van der Waals surface area (Å²) < 4.78 is 32.1. The van der Waals surface area contributed by atoms with Crippen LogP contribution in [-0.4, -0.2) is 37.3 Å². The van der Waals surface area contributed by atoms with Crippen LogP contribution in [0.1, 0.15) is 22.3 Å². The van der Waals surface area contributed by atoms with Gasteiger partial charge in [0, 0.05) is 11.1 Å². The summed E-state index contributed by atoms with van der Waals surface area (Å²) in [7, 11) is 0. The van der Waals surface area contributed by atoms with Gasteiger partial charge in [0.1, 0.15) is 0 Å². The van der Waals surface area contributed by atoms with Gasteiger partial charge < -0.3 is 28.4 Å². The Hall–Kier alpha value is -5.38. The Morgan fingerprint density at radius 1 is 0.553 bits per heavy atom. The van der Waals surface area contributed by atoms with Crippen molar-refractivity contribution in [2.24, 2.45) is 9.98 Å². The van der Waals surface area contributed by atoms with Gasteiger partial charge in [-0.05, 0) is 59.7 Å². The van der Waals surface area contributed by atoms with Gasteiger partial charge in [-0.1, -0.05) is 24.3 Å². The molecule has 0 saturated heterocycles. The van der Waals surface area contributed by atoms with E-state index in [0.717, 1.165) is 11.1 Å². The average molecular weight is 508 g/mol. The van der Waals surface area contributed by atoms with Gasteiger partial charge in [-0.15, -0.1) is 0 Å². The van der Waals surface area contributed by atoms with Crippen molar-refractivity contribution in [2.75, 3.05) is 13.6 Å². The Morgan fingerprint density at radius 2 is 0.974 bits per heavy atom. The molecule has 0 aromatic heterocycles. The molecule has 0 atom stereocenters. The monoisotopic (exact) mass is 508 g/mol. The van der Waals surface area contributed by atoms with Gasteiger partial charge >= 0.3 is 11.9 Å². The third kappa shape index (κ3) is 3.94.